The average Bonchev–Trinajstić information content (AvgIpc) is 2.35. The van der Waals surface area contributed by atoms with E-state index in [9.17, 15) is 14.9 Å². The molecular formula is C14H20N2O4. The maximum Gasteiger partial charge on any atom is 0.272 e. The predicted octanol–water partition coefficient (Wildman–Crippen LogP) is 2.59. The van der Waals surface area contributed by atoms with Crippen molar-refractivity contribution in [1.29, 1.82) is 0 Å². The number of nitrogens with zero attached hydrogens (tertiary/aromatic N) is 1. The van der Waals surface area contributed by atoms with Gasteiger partial charge in [0.2, 0.25) is 0 Å². The van der Waals surface area contributed by atoms with Crippen LogP contribution in [0.3, 0.4) is 0 Å². The second kappa shape index (κ2) is 6.36. The van der Waals surface area contributed by atoms with E-state index in [-0.39, 0.29) is 23.7 Å². The number of nitro groups is 1. The van der Waals surface area contributed by atoms with Crippen molar-refractivity contribution in [2.75, 3.05) is 6.61 Å². The first-order valence-electron chi connectivity index (χ1n) is 6.44. The van der Waals surface area contributed by atoms with Crippen LogP contribution in [0.1, 0.15) is 32.8 Å². The Bertz CT molecular complexity index is 512. The first-order valence-corrected chi connectivity index (χ1v) is 6.44. The number of rotatable bonds is 6. The summed E-state index contributed by atoms with van der Waals surface area (Å²) in [5.41, 5.74) is 0.266. The van der Waals surface area contributed by atoms with Crippen LogP contribution in [0.25, 0.3) is 0 Å². The van der Waals surface area contributed by atoms with E-state index < -0.39 is 4.92 Å². The fourth-order valence-electron chi connectivity index (χ4n) is 1.57. The molecule has 0 saturated carbocycles. The molecule has 0 atom stereocenters. The molecule has 0 heterocycles. The van der Waals surface area contributed by atoms with Gasteiger partial charge in [-0.15, -0.1) is 0 Å². The van der Waals surface area contributed by atoms with Gasteiger partial charge >= 0.3 is 0 Å². The fourth-order valence-corrected chi connectivity index (χ4v) is 1.57. The van der Waals surface area contributed by atoms with Gasteiger partial charge in [-0.05, 0) is 39.3 Å². The van der Waals surface area contributed by atoms with E-state index in [0.717, 1.165) is 6.42 Å². The number of nitro benzene ring substituents is 1. The van der Waals surface area contributed by atoms with Gasteiger partial charge in [-0.25, -0.2) is 0 Å². The molecular weight excluding hydrogens is 260 g/mol. The minimum atomic E-state index is -0.449. The number of carbonyl (C=O) groups is 1. The van der Waals surface area contributed by atoms with Crippen molar-refractivity contribution in [2.24, 2.45) is 0 Å². The molecule has 0 aliphatic carbocycles. The molecule has 1 amide bonds. The number of ether oxygens (including phenoxy) is 1. The Balaban J connectivity index is 2.60. The molecule has 20 heavy (non-hydrogen) atoms. The van der Waals surface area contributed by atoms with Gasteiger partial charge in [0.15, 0.2) is 6.61 Å². The maximum atomic E-state index is 11.7. The van der Waals surface area contributed by atoms with Crippen LogP contribution in [0, 0.1) is 17.0 Å². The Labute approximate surface area is 118 Å². The molecule has 0 radical (unpaired) electrons. The Hall–Kier alpha value is -2.11. The summed E-state index contributed by atoms with van der Waals surface area (Å²) in [7, 11) is 0. The molecule has 1 aromatic rings. The van der Waals surface area contributed by atoms with Gasteiger partial charge in [0, 0.05) is 17.2 Å². The molecule has 0 spiro atoms. The van der Waals surface area contributed by atoms with Gasteiger partial charge in [0.05, 0.1) is 4.92 Å². The summed E-state index contributed by atoms with van der Waals surface area (Å²) in [5, 5.41) is 13.5. The lowest BCUT2D eigenvalue weighted by atomic mass is 10.0. The third-order valence-corrected chi connectivity index (χ3v) is 3.10. The first-order chi connectivity index (χ1) is 9.25. The van der Waals surface area contributed by atoms with Crippen LogP contribution in [-0.4, -0.2) is 23.0 Å². The summed E-state index contributed by atoms with van der Waals surface area (Å²) in [5.74, 6) is 0.227. The second-order valence-electron chi connectivity index (χ2n) is 5.28. The molecule has 1 rings (SSSR count). The summed E-state index contributed by atoms with van der Waals surface area (Å²) in [4.78, 5) is 21.9. The number of benzene rings is 1. The van der Waals surface area contributed by atoms with Gasteiger partial charge in [-0.2, -0.15) is 0 Å². The summed E-state index contributed by atoms with van der Waals surface area (Å²) >= 11 is 0. The molecule has 0 saturated heterocycles. The summed E-state index contributed by atoms with van der Waals surface area (Å²) in [6.45, 7) is 7.37. The number of aryl methyl sites for hydroxylation is 1. The standard InChI is InChI=1S/C14H20N2O4/c1-5-14(3,4)15-13(17)9-20-11-6-7-12(16(18)19)10(2)8-11/h6-8H,5,9H2,1-4H3,(H,15,17). The predicted molar refractivity (Wildman–Crippen MR) is 75.8 cm³/mol. The molecule has 6 nitrogen and oxygen atoms in total. The van der Waals surface area contributed by atoms with Crippen LogP contribution < -0.4 is 10.1 Å². The highest BCUT2D eigenvalue weighted by molar-refractivity contribution is 5.78. The maximum absolute atomic E-state index is 11.7. The Morgan fingerprint density at radius 3 is 2.60 bits per heavy atom. The molecule has 0 aliphatic rings. The van der Waals surface area contributed by atoms with E-state index in [1.165, 1.54) is 12.1 Å². The molecule has 0 bridgehead atoms. The molecule has 0 aromatic heterocycles. The van der Waals surface area contributed by atoms with Gasteiger partial charge < -0.3 is 10.1 Å². The van der Waals surface area contributed by atoms with Crippen LogP contribution in [0.4, 0.5) is 5.69 Å². The molecule has 0 fully saturated rings. The SMILES string of the molecule is CCC(C)(C)NC(=O)COc1ccc([N+](=O)[O-])c(C)c1. The largest absolute Gasteiger partial charge is 0.484 e. The normalized spacial score (nSPS) is 11.0. The zero-order valence-electron chi connectivity index (χ0n) is 12.2. The molecule has 0 unspecified atom stereocenters. The molecule has 110 valence electrons. The van der Waals surface area contributed by atoms with Crippen molar-refractivity contribution in [3.05, 3.63) is 33.9 Å². The van der Waals surface area contributed by atoms with E-state index in [1.54, 1.807) is 13.0 Å². The van der Waals surface area contributed by atoms with E-state index in [0.29, 0.717) is 11.3 Å². The van der Waals surface area contributed by atoms with Crippen LogP contribution in [-0.2, 0) is 4.79 Å². The van der Waals surface area contributed by atoms with Crippen LogP contribution in [0.5, 0.6) is 5.75 Å². The molecule has 1 N–H and O–H groups in total. The number of hydrogen-bond acceptors (Lipinski definition) is 4. The van der Waals surface area contributed by atoms with Crippen LogP contribution in [0.2, 0.25) is 0 Å². The van der Waals surface area contributed by atoms with Crippen molar-refractivity contribution in [1.82, 2.24) is 5.32 Å². The van der Waals surface area contributed by atoms with Crippen molar-refractivity contribution >= 4 is 11.6 Å². The number of amides is 1. The minimum absolute atomic E-state index is 0.0360. The zero-order valence-corrected chi connectivity index (χ0v) is 12.2. The number of hydrogen-bond donors (Lipinski definition) is 1. The van der Waals surface area contributed by atoms with Gasteiger partial charge in [-0.1, -0.05) is 6.92 Å². The van der Waals surface area contributed by atoms with Crippen molar-refractivity contribution in [2.45, 2.75) is 39.7 Å². The molecule has 0 aliphatic heterocycles. The van der Waals surface area contributed by atoms with Gasteiger partial charge in [0.1, 0.15) is 5.75 Å². The lowest BCUT2D eigenvalue weighted by Crippen LogP contribution is -2.44. The van der Waals surface area contributed by atoms with Crippen molar-refractivity contribution in [3.8, 4) is 5.75 Å². The minimum Gasteiger partial charge on any atom is -0.484 e. The fraction of sp³-hybridized carbons (Fsp3) is 0.500. The van der Waals surface area contributed by atoms with Crippen molar-refractivity contribution in [3.63, 3.8) is 0 Å². The summed E-state index contributed by atoms with van der Waals surface area (Å²) in [6, 6.07) is 4.41. The highest BCUT2D eigenvalue weighted by atomic mass is 16.6. The van der Waals surface area contributed by atoms with Gasteiger partial charge in [0.25, 0.3) is 11.6 Å². The topological polar surface area (TPSA) is 81.5 Å². The summed E-state index contributed by atoms with van der Waals surface area (Å²) in [6.07, 6.45) is 0.815. The average molecular weight is 280 g/mol. The van der Waals surface area contributed by atoms with E-state index in [1.807, 2.05) is 20.8 Å². The van der Waals surface area contributed by atoms with Crippen LogP contribution >= 0.6 is 0 Å². The molecule has 6 heteroatoms. The number of carbonyl (C=O) groups excluding carboxylic acids is 1. The van der Waals surface area contributed by atoms with Gasteiger partial charge in [-0.3, -0.25) is 14.9 Å². The van der Waals surface area contributed by atoms with Crippen molar-refractivity contribution < 1.29 is 14.5 Å². The highest BCUT2D eigenvalue weighted by Gasteiger charge is 2.18. The van der Waals surface area contributed by atoms with E-state index in [4.69, 9.17) is 4.74 Å². The molecule has 1 aromatic carbocycles. The van der Waals surface area contributed by atoms with E-state index in [2.05, 4.69) is 5.32 Å². The number of nitrogens with one attached hydrogen (secondary N) is 1. The van der Waals surface area contributed by atoms with Crippen LogP contribution in [0.15, 0.2) is 18.2 Å². The third-order valence-electron chi connectivity index (χ3n) is 3.10. The quantitative estimate of drug-likeness (QED) is 0.641. The Morgan fingerprint density at radius 2 is 2.10 bits per heavy atom. The zero-order chi connectivity index (χ0) is 15.3. The highest BCUT2D eigenvalue weighted by Crippen LogP contribution is 2.22. The third kappa shape index (κ3) is 4.53. The smallest absolute Gasteiger partial charge is 0.272 e. The summed E-state index contributed by atoms with van der Waals surface area (Å²) < 4.78 is 5.34. The first kappa shape index (κ1) is 15.9. The van der Waals surface area contributed by atoms with E-state index >= 15 is 0 Å². The Morgan fingerprint density at radius 1 is 1.45 bits per heavy atom. The lowest BCUT2D eigenvalue weighted by Gasteiger charge is -2.24. The lowest BCUT2D eigenvalue weighted by molar-refractivity contribution is -0.385. The monoisotopic (exact) mass is 280 g/mol. The Kier molecular flexibility index (Phi) is 5.07. The second-order valence-corrected chi connectivity index (χ2v) is 5.28.